The SMILES string of the molecule is Cc1ccc(CNC(=O)N(C)CC(C)O)c(OC(C)(C)C)c1. The van der Waals surface area contributed by atoms with Gasteiger partial charge < -0.3 is 20.1 Å². The Kier molecular flexibility index (Phi) is 6.23. The Hall–Kier alpha value is -1.75. The van der Waals surface area contributed by atoms with Crippen LogP contribution in [-0.2, 0) is 6.54 Å². The first-order valence-electron chi connectivity index (χ1n) is 7.54. The fourth-order valence-corrected chi connectivity index (χ4v) is 2.02. The largest absolute Gasteiger partial charge is 0.488 e. The summed E-state index contributed by atoms with van der Waals surface area (Å²) in [6.07, 6.45) is -0.546. The van der Waals surface area contributed by atoms with E-state index in [1.807, 2.05) is 45.9 Å². The van der Waals surface area contributed by atoms with Crippen LogP contribution in [0.2, 0.25) is 0 Å². The highest BCUT2D eigenvalue weighted by atomic mass is 16.5. The second-order valence-electron chi connectivity index (χ2n) is 6.71. The van der Waals surface area contributed by atoms with Gasteiger partial charge in [0.2, 0.25) is 0 Å². The van der Waals surface area contributed by atoms with Crippen LogP contribution in [-0.4, -0.2) is 41.3 Å². The molecule has 0 fully saturated rings. The van der Waals surface area contributed by atoms with Gasteiger partial charge in [0.1, 0.15) is 11.4 Å². The minimum absolute atomic E-state index is 0.219. The Morgan fingerprint density at radius 2 is 2.05 bits per heavy atom. The van der Waals surface area contributed by atoms with Gasteiger partial charge in [-0.2, -0.15) is 0 Å². The number of amides is 2. The van der Waals surface area contributed by atoms with Gasteiger partial charge in [-0.15, -0.1) is 0 Å². The average Bonchev–Trinajstić information content (AvgIpc) is 2.34. The lowest BCUT2D eigenvalue weighted by molar-refractivity contribution is 0.128. The second-order valence-corrected chi connectivity index (χ2v) is 6.71. The Labute approximate surface area is 133 Å². The number of carbonyl (C=O) groups is 1. The molecule has 1 aromatic rings. The number of urea groups is 1. The molecule has 0 aliphatic heterocycles. The van der Waals surface area contributed by atoms with Crippen molar-refractivity contribution in [1.82, 2.24) is 10.2 Å². The highest BCUT2D eigenvalue weighted by Gasteiger charge is 2.16. The first-order valence-corrected chi connectivity index (χ1v) is 7.54. The van der Waals surface area contributed by atoms with E-state index in [9.17, 15) is 9.90 Å². The highest BCUT2D eigenvalue weighted by Crippen LogP contribution is 2.24. The normalized spacial score (nSPS) is 12.7. The van der Waals surface area contributed by atoms with E-state index < -0.39 is 6.10 Å². The van der Waals surface area contributed by atoms with E-state index in [0.29, 0.717) is 13.1 Å². The molecular weight excluding hydrogens is 280 g/mol. The Balaban J connectivity index is 2.75. The van der Waals surface area contributed by atoms with Crippen molar-refractivity contribution in [1.29, 1.82) is 0 Å². The third-order valence-electron chi connectivity index (χ3n) is 2.95. The van der Waals surface area contributed by atoms with E-state index in [0.717, 1.165) is 16.9 Å². The number of benzene rings is 1. The van der Waals surface area contributed by atoms with E-state index in [2.05, 4.69) is 5.32 Å². The Morgan fingerprint density at radius 3 is 2.59 bits per heavy atom. The van der Waals surface area contributed by atoms with E-state index >= 15 is 0 Å². The van der Waals surface area contributed by atoms with Crippen LogP contribution in [0.15, 0.2) is 18.2 Å². The molecule has 2 amide bonds. The number of carbonyl (C=O) groups excluding carboxylic acids is 1. The summed E-state index contributed by atoms with van der Waals surface area (Å²) < 4.78 is 5.97. The van der Waals surface area contributed by atoms with Gasteiger partial charge in [-0.05, 0) is 46.2 Å². The minimum atomic E-state index is -0.546. The van der Waals surface area contributed by atoms with Crippen LogP contribution < -0.4 is 10.1 Å². The Morgan fingerprint density at radius 1 is 1.41 bits per heavy atom. The number of nitrogens with zero attached hydrogens (tertiary/aromatic N) is 1. The zero-order chi connectivity index (χ0) is 16.9. The number of hydrogen-bond donors (Lipinski definition) is 2. The third-order valence-corrected chi connectivity index (χ3v) is 2.95. The fourth-order valence-electron chi connectivity index (χ4n) is 2.02. The van der Waals surface area contributed by atoms with Crippen molar-refractivity contribution < 1.29 is 14.6 Å². The number of likely N-dealkylation sites (N-methyl/N-ethyl adjacent to an activating group) is 1. The molecule has 1 aromatic carbocycles. The molecule has 0 heterocycles. The van der Waals surface area contributed by atoms with Crippen LogP contribution >= 0.6 is 0 Å². The van der Waals surface area contributed by atoms with Gasteiger partial charge in [0.25, 0.3) is 0 Å². The number of hydrogen-bond acceptors (Lipinski definition) is 3. The molecule has 2 N–H and O–H groups in total. The molecule has 5 nitrogen and oxygen atoms in total. The van der Waals surface area contributed by atoms with Crippen LogP contribution in [0.3, 0.4) is 0 Å². The molecule has 0 aliphatic rings. The first-order chi connectivity index (χ1) is 10.1. The summed E-state index contributed by atoms with van der Waals surface area (Å²) in [7, 11) is 1.66. The third kappa shape index (κ3) is 6.35. The van der Waals surface area contributed by atoms with Gasteiger partial charge in [-0.3, -0.25) is 0 Å². The molecular formula is C17H28N2O3. The summed E-state index contributed by atoms with van der Waals surface area (Å²) in [5, 5.41) is 12.2. The smallest absolute Gasteiger partial charge is 0.317 e. The molecule has 0 spiro atoms. The molecule has 0 saturated carbocycles. The summed E-state index contributed by atoms with van der Waals surface area (Å²) in [4.78, 5) is 13.4. The number of aryl methyl sites for hydroxylation is 1. The van der Waals surface area contributed by atoms with Crippen molar-refractivity contribution in [3.05, 3.63) is 29.3 Å². The number of aliphatic hydroxyl groups excluding tert-OH is 1. The second kappa shape index (κ2) is 7.49. The predicted octanol–water partition coefficient (Wildman–Crippen LogP) is 2.69. The van der Waals surface area contributed by atoms with Crippen LogP contribution in [0.5, 0.6) is 5.75 Å². The average molecular weight is 308 g/mol. The van der Waals surface area contributed by atoms with Crippen LogP contribution in [0, 0.1) is 6.92 Å². The van der Waals surface area contributed by atoms with E-state index in [4.69, 9.17) is 4.74 Å². The monoisotopic (exact) mass is 308 g/mol. The maximum Gasteiger partial charge on any atom is 0.317 e. The molecule has 22 heavy (non-hydrogen) atoms. The molecule has 124 valence electrons. The summed E-state index contributed by atoms with van der Waals surface area (Å²) in [6, 6.07) is 5.72. The number of nitrogens with one attached hydrogen (secondary N) is 1. The molecule has 0 radical (unpaired) electrons. The van der Waals surface area contributed by atoms with E-state index in [-0.39, 0.29) is 11.6 Å². The zero-order valence-electron chi connectivity index (χ0n) is 14.4. The lowest BCUT2D eigenvalue weighted by atomic mass is 10.1. The molecule has 0 bridgehead atoms. The standard InChI is InChI=1S/C17H28N2O3/c1-12-7-8-14(15(9-12)22-17(3,4)5)10-18-16(21)19(6)11-13(2)20/h7-9,13,20H,10-11H2,1-6H3,(H,18,21). The highest BCUT2D eigenvalue weighted by molar-refractivity contribution is 5.74. The summed E-state index contributed by atoms with van der Waals surface area (Å²) >= 11 is 0. The van der Waals surface area contributed by atoms with Gasteiger partial charge in [-0.25, -0.2) is 4.79 Å². The fraction of sp³-hybridized carbons (Fsp3) is 0.588. The van der Waals surface area contributed by atoms with Gasteiger partial charge in [0.15, 0.2) is 0 Å². The summed E-state index contributed by atoms with van der Waals surface area (Å²) in [5.74, 6) is 0.783. The lowest BCUT2D eigenvalue weighted by Gasteiger charge is -2.24. The van der Waals surface area contributed by atoms with Crippen LogP contribution in [0.1, 0.15) is 38.8 Å². The van der Waals surface area contributed by atoms with Gasteiger partial charge in [-0.1, -0.05) is 12.1 Å². The first kappa shape index (κ1) is 18.3. The molecule has 0 saturated heterocycles. The van der Waals surface area contributed by atoms with Gasteiger partial charge in [0.05, 0.1) is 6.10 Å². The molecule has 1 rings (SSSR count). The van der Waals surface area contributed by atoms with E-state index in [1.54, 1.807) is 14.0 Å². The molecule has 5 heteroatoms. The number of ether oxygens (including phenoxy) is 1. The van der Waals surface area contributed by atoms with Gasteiger partial charge in [0, 0.05) is 25.7 Å². The van der Waals surface area contributed by atoms with Crippen molar-refractivity contribution in [2.45, 2.75) is 52.9 Å². The van der Waals surface area contributed by atoms with Crippen molar-refractivity contribution in [3.8, 4) is 5.75 Å². The molecule has 0 aromatic heterocycles. The van der Waals surface area contributed by atoms with Crippen molar-refractivity contribution in [2.75, 3.05) is 13.6 Å². The summed E-state index contributed by atoms with van der Waals surface area (Å²) in [6.45, 7) is 10.3. The molecule has 0 aliphatic carbocycles. The number of rotatable bonds is 5. The molecule has 1 unspecified atom stereocenters. The van der Waals surface area contributed by atoms with Crippen molar-refractivity contribution >= 4 is 6.03 Å². The van der Waals surface area contributed by atoms with E-state index in [1.165, 1.54) is 4.90 Å². The van der Waals surface area contributed by atoms with Gasteiger partial charge >= 0.3 is 6.03 Å². The number of aliphatic hydroxyl groups is 1. The topological polar surface area (TPSA) is 61.8 Å². The van der Waals surface area contributed by atoms with Crippen molar-refractivity contribution in [2.24, 2.45) is 0 Å². The zero-order valence-corrected chi connectivity index (χ0v) is 14.4. The van der Waals surface area contributed by atoms with Crippen LogP contribution in [0.25, 0.3) is 0 Å². The summed E-state index contributed by atoms with van der Waals surface area (Å²) in [5.41, 5.74) is 1.75. The minimum Gasteiger partial charge on any atom is -0.488 e. The van der Waals surface area contributed by atoms with Crippen molar-refractivity contribution in [3.63, 3.8) is 0 Å². The lowest BCUT2D eigenvalue weighted by Crippen LogP contribution is -2.40. The Bertz CT molecular complexity index is 507. The molecule has 1 atom stereocenters. The maximum absolute atomic E-state index is 12.0. The van der Waals surface area contributed by atoms with Crippen LogP contribution in [0.4, 0.5) is 4.79 Å². The predicted molar refractivity (Wildman–Crippen MR) is 88.1 cm³/mol. The maximum atomic E-state index is 12.0. The quantitative estimate of drug-likeness (QED) is 0.879.